The molecule has 58 heavy (non-hydrogen) atoms. The van der Waals surface area contributed by atoms with E-state index in [1.165, 1.54) is 24.3 Å². The lowest BCUT2D eigenvalue weighted by molar-refractivity contribution is -0.340. The SMILES string of the molecule is CC[C@H](C)[C@H]1O[C@]2(CC[C@@H]1C)C[C@@H]1C[C@@H](C/C=C(/C)[C@H](OC(=O)CCNC(=O)c3ccc(N=[N+]=[N-])cc3)[C@@H](C)/C=C\C=C3CO[C@@H]4[C@H](O)C(C)=C[C@@H](C(=O)O1)[C@@]34O)O2. The Bertz CT molecular complexity index is 1870. The summed E-state index contributed by atoms with van der Waals surface area (Å²) in [5, 5.41) is 29.7. The summed E-state index contributed by atoms with van der Waals surface area (Å²) in [5.74, 6) is -3.31. The summed E-state index contributed by atoms with van der Waals surface area (Å²) in [4.78, 5) is 43.0. The molecule has 5 aliphatic rings. The molecular weight excluding hydrogens is 745 g/mol. The first-order valence-corrected chi connectivity index (χ1v) is 20.6. The van der Waals surface area contributed by atoms with E-state index < -0.39 is 59.8 Å². The Morgan fingerprint density at radius 2 is 1.90 bits per heavy atom. The van der Waals surface area contributed by atoms with Crippen molar-refractivity contribution in [2.75, 3.05) is 13.2 Å². The number of esters is 2. The quantitative estimate of drug-likeness (QED) is 0.0822. The van der Waals surface area contributed by atoms with E-state index in [1.807, 2.05) is 26.0 Å². The molecule has 0 aromatic heterocycles. The lowest BCUT2D eigenvalue weighted by Gasteiger charge is -2.51. The monoisotopic (exact) mass is 802 g/mol. The highest BCUT2D eigenvalue weighted by molar-refractivity contribution is 5.94. The van der Waals surface area contributed by atoms with E-state index in [0.717, 1.165) is 18.4 Å². The van der Waals surface area contributed by atoms with Crippen molar-refractivity contribution >= 4 is 23.5 Å². The molecule has 1 amide bonds. The standard InChI is InChI=1S/C44H58N4O10/c1-7-25(2)39-28(5)17-19-43(58-39)23-34-22-33(57-43)16-11-27(4)38(56-36(49)18-20-46-41(51)30-12-14-32(15-13-30)47-48-45)26(3)9-8-10-31-24-54-40-37(50)29(6)21-35(42(52)55-34)44(31,40)53/h8-15,21,25-26,28,33-35,37-40,50,53H,7,16-20,22-24H2,1-6H3,(H,46,51)/b9-8-,27-11-,31-10?/t25-,26-,28-,33+,34-,35-,37+,38+,39+,40+,43+,44-/m0/s1. The molecule has 12 atom stereocenters. The lowest BCUT2D eigenvalue weighted by atomic mass is 9.71. The van der Waals surface area contributed by atoms with Gasteiger partial charge >= 0.3 is 11.9 Å². The van der Waals surface area contributed by atoms with Gasteiger partial charge in [0.15, 0.2) is 5.79 Å². The van der Waals surface area contributed by atoms with Crippen LogP contribution in [0.4, 0.5) is 5.69 Å². The predicted octanol–water partition coefficient (Wildman–Crippen LogP) is 6.84. The number of aliphatic hydroxyl groups excluding tert-OH is 1. The van der Waals surface area contributed by atoms with E-state index in [0.29, 0.717) is 59.9 Å². The number of carbonyl (C=O) groups is 3. The molecule has 6 rings (SSSR count). The Kier molecular flexibility index (Phi) is 13.7. The molecule has 1 aromatic carbocycles. The molecule has 0 saturated carbocycles. The van der Waals surface area contributed by atoms with Gasteiger partial charge in [-0.25, -0.2) is 0 Å². The number of fused-ring (bicyclic) bond motifs is 2. The van der Waals surface area contributed by atoms with Crippen LogP contribution < -0.4 is 5.32 Å². The number of hydrogen-bond acceptors (Lipinski definition) is 11. The third kappa shape index (κ3) is 9.28. The minimum atomic E-state index is -1.86. The summed E-state index contributed by atoms with van der Waals surface area (Å²) >= 11 is 0. The molecule has 3 N–H and O–H groups in total. The van der Waals surface area contributed by atoms with Gasteiger partial charge in [0.2, 0.25) is 0 Å². The maximum absolute atomic E-state index is 14.2. The summed E-state index contributed by atoms with van der Waals surface area (Å²) in [5.41, 5.74) is 9.23. The maximum atomic E-state index is 14.2. The molecule has 4 aliphatic heterocycles. The van der Waals surface area contributed by atoms with Gasteiger partial charge in [0, 0.05) is 47.9 Å². The number of nitrogens with zero attached hydrogens (tertiary/aromatic N) is 3. The second kappa shape index (κ2) is 18.3. The number of amides is 1. The number of rotatable bonds is 8. The van der Waals surface area contributed by atoms with Gasteiger partial charge < -0.3 is 39.2 Å². The highest BCUT2D eigenvalue weighted by Crippen LogP contribution is 2.48. The molecule has 314 valence electrons. The third-order valence-corrected chi connectivity index (χ3v) is 12.6. The Balaban J connectivity index is 1.27. The zero-order chi connectivity index (χ0) is 41.8. The summed E-state index contributed by atoms with van der Waals surface area (Å²) in [6.45, 7) is 12.1. The van der Waals surface area contributed by atoms with Crippen LogP contribution in [-0.2, 0) is 33.3 Å². The molecule has 14 heteroatoms. The van der Waals surface area contributed by atoms with Crippen LogP contribution in [0, 0.1) is 23.7 Å². The molecule has 0 radical (unpaired) electrons. The number of allylic oxidation sites excluding steroid dienone is 2. The van der Waals surface area contributed by atoms with Crippen LogP contribution in [0.1, 0.15) is 96.8 Å². The average molecular weight is 803 g/mol. The normalized spacial score (nSPS) is 37.1. The topological polar surface area (TPSA) is 199 Å². The van der Waals surface area contributed by atoms with Gasteiger partial charge in [0.25, 0.3) is 5.91 Å². The fourth-order valence-corrected chi connectivity index (χ4v) is 9.05. The number of ether oxygens (including phenoxy) is 5. The van der Waals surface area contributed by atoms with Crippen LogP contribution in [0.3, 0.4) is 0 Å². The van der Waals surface area contributed by atoms with Crippen molar-refractivity contribution in [3.05, 3.63) is 87.4 Å². The van der Waals surface area contributed by atoms with Crippen LogP contribution in [0.2, 0.25) is 0 Å². The van der Waals surface area contributed by atoms with Crippen molar-refractivity contribution in [2.24, 2.45) is 28.8 Å². The first-order valence-electron chi connectivity index (χ1n) is 20.6. The van der Waals surface area contributed by atoms with E-state index in [1.54, 1.807) is 25.2 Å². The van der Waals surface area contributed by atoms with Crippen LogP contribution in [-0.4, -0.2) is 89.2 Å². The predicted molar refractivity (Wildman–Crippen MR) is 214 cm³/mol. The van der Waals surface area contributed by atoms with Gasteiger partial charge in [-0.2, -0.15) is 0 Å². The molecule has 14 nitrogen and oxygen atoms in total. The smallest absolute Gasteiger partial charge is 0.316 e. The second-order valence-corrected chi connectivity index (χ2v) is 16.8. The van der Waals surface area contributed by atoms with Crippen LogP contribution in [0.5, 0.6) is 0 Å². The average Bonchev–Trinajstić information content (AvgIpc) is 3.54. The van der Waals surface area contributed by atoms with Crippen LogP contribution >= 0.6 is 0 Å². The molecule has 0 unspecified atom stereocenters. The molecule has 1 spiro atoms. The number of azide groups is 1. The Morgan fingerprint density at radius 3 is 2.62 bits per heavy atom. The fourth-order valence-electron chi connectivity index (χ4n) is 9.05. The van der Waals surface area contributed by atoms with E-state index in [4.69, 9.17) is 29.2 Å². The molecule has 2 bridgehead atoms. The molecule has 4 heterocycles. The molecule has 3 fully saturated rings. The van der Waals surface area contributed by atoms with Gasteiger partial charge in [-0.3, -0.25) is 14.4 Å². The van der Waals surface area contributed by atoms with Crippen LogP contribution in [0.15, 0.2) is 76.5 Å². The molecule has 3 saturated heterocycles. The number of carbonyl (C=O) groups excluding carboxylic acids is 3. The van der Waals surface area contributed by atoms with Gasteiger partial charge in [-0.15, -0.1) is 0 Å². The minimum Gasteiger partial charge on any atom is -0.462 e. The first-order chi connectivity index (χ1) is 27.7. The first kappa shape index (κ1) is 43.3. The van der Waals surface area contributed by atoms with E-state index in [2.05, 4.69) is 36.1 Å². The molecule has 1 aliphatic carbocycles. The minimum absolute atomic E-state index is 0.00561. The van der Waals surface area contributed by atoms with Gasteiger partial charge in [0.05, 0.1) is 25.2 Å². The van der Waals surface area contributed by atoms with Gasteiger partial charge in [-0.1, -0.05) is 81.7 Å². The molecular formula is C44H58N4O10. The zero-order valence-corrected chi connectivity index (χ0v) is 34.3. The number of benzene rings is 1. The molecule has 1 aromatic rings. The highest BCUT2D eigenvalue weighted by Gasteiger charge is 2.60. The van der Waals surface area contributed by atoms with Gasteiger partial charge in [0.1, 0.15) is 35.9 Å². The number of aliphatic hydroxyl groups is 2. The van der Waals surface area contributed by atoms with Gasteiger partial charge in [-0.05, 0) is 72.9 Å². The van der Waals surface area contributed by atoms with E-state index in [9.17, 15) is 24.6 Å². The maximum Gasteiger partial charge on any atom is 0.316 e. The van der Waals surface area contributed by atoms with Crippen molar-refractivity contribution in [3.8, 4) is 0 Å². The zero-order valence-electron chi connectivity index (χ0n) is 34.3. The fraction of sp³-hybridized carbons (Fsp3) is 0.614. The summed E-state index contributed by atoms with van der Waals surface area (Å²) < 4.78 is 32.2. The Hall–Kier alpha value is -4.30. The van der Waals surface area contributed by atoms with Crippen molar-refractivity contribution in [2.45, 2.75) is 135 Å². The van der Waals surface area contributed by atoms with Crippen molar-refractivity contribution in [1.82, 2.24) is 5.32 Å². The third-order valence-electron chi connectivity index (χ3n) is 12.6. The highest BCUT2D eigenvalue weighted by atomic mass is 16.7. The van der Waals surface area contributed by atoms with Crippen LogP contribution in [0.25, 0.3) is 10.4 Å². The summed E-state index contributed by atoms with van der Waals surface area (Å²) in [7, 11) is 0. The number of hydrogen-bond donors (Lipinski definition) is 3. The second-order valence-electron chi connectivity index (χ2n) is 16.8. The Morgan fingerprint density at radius 1 is 1.14 bits per heavy atom. The number of nitrogens with one attached hydrogen (secondary N) is 1. The summed E-state index contributed by atoms with van der Waals surface area (Å²) in [6.07, 6.45) is 8.56. The van der Waals surface area contributed by atoms with Crippen molar-refractivity contribution < 1.29 is 48.3 Å². The Labute approximate surface area is 340 Å². The van der Waals surface area contributed by atoms with E-state index in [-0.39, 0.29) is 37.5 Å². The summed E-state index contributed by atoms with van der Waals surface area (Å²) in [6, 6.07) is 6.13. The van der Waals surface area contributed by atoms with Crippen molar-refractivity contribution in [1.29, 1.82) is 0 Å². The largest absolute Gasteiger partial charge is 0.462 e. The van der Waals surface area contributed by atoms with Crippen molar-refractivity contribution in [3.63, 3.8) is 0 Å². The lowest BCUT2D eigenvalue weighted by Crippen LogP contribution is -2.58. The van der Waals surface area contributed by atoms with E-state index >= 15 is 0 Å².